The lowest BCUT2D eigenvalue weighted by molar-refractivity contribution is -0.151. The molecule has 1 heterocycles. The summed E-state index contributed by atoms with van der Waals surface area (Å²) in [7, 11) is 0. The molecule has 1 aromatic heterocycles. The normalized spacial score (nSPS) is 39.7. The first-order valence-corrected chi connectivity index (χ1v) is 12.9. The summed E-state index contributed by atoms with van der Waals surface area (Å²) >= 11 is 0.506. The molecule has 5 rings (SSSR count). The van der Waals surface area contributed by atoms with Crippen molar-refractivity contribution in [1.82, 2.24) is 0 Å². The number of hydrogen-bond acceptors (Lipinski definition) is 6. The Morgan fingerprint density at radius 2 is 2.03 bits per heavy atom. The zero-order valence-corrected chi connectivity index (χ0v) is 20.7. The topological polar surface area (TPSA) is 73.6 Å². The number of hydrogen-bond donors (Lipinski definition) is 0. The maximum absolute atomic E-state index is 15.6. The second-order valence-electron chi connectivity index (χ2n) is 10.5. The highest BCUT2D eigenvalue weighted by atomic mass is 32.2. The number of esters is 1. The number of alkyl halides is 2. The first kappa shape index (κ1) is 24.2. The quantitative estimate of drug-likeness (QED) is 0.384. The van der Waals surface area contributed by atoms with Crippen molar-refractivity contribution in [2.45, 2.75) is 51.8 Å². The number of fused-ring (bicyclic) bond motifs is 5. The lowest BCUT2D eigenvalue weighted by atomic mass is 9.51. The van der Waals surface area contributed by atoms with E-state index in [1.807, 2.05) is 26.8 Å². The summed E-state index contributed by atoms with van der Waals surface area (Å²) in [6.07, 6.45) is 7.86. The summed E-state index contributed by atoms with van der Waals surface area (Å²) in [5, 5.41) is -0.531. The fourth-order valence-corrected chi connectivity index (χ4v) is 8.09. The Labute approximate surface area is 207 Å². The maximum Gasteiger partial charge on any atom is 0.375 e. The largest absolute Gasteiger partial charge is 0.457 e. The molecule has 2 unspecified atom stereocenters. The van der Waals surface area contributed by atoms with Gasteiger partial charge in [0, 0.05) is 16.7 Å². The van der Waals surface area contributed by atoms with Crippen LogP contribution < -0.4 is 0 Å². The number of halogens is 2. The molecule has 35 heavy (non-hydrogen) atoms. The zero-order valence-electron chi connectivity index (χ0n) is 19.9. The third kappa shape index (κ3) is 3.28. The van der Waals surface area contributed by atoms with Gasteiger partial charge in [-0.2, -0.15) is 0 Å². The molecule has 5 nitrogen and oxygen atoms in total. The van der Waals surface area contributed by atoms with Crippen molar-refractivity contribution in [2.24, 2.45) is 28.6 Å². The summed E-state index contributed by atoms with van der Waals surface area (Å²) < 4.78 is 40.2. The molecule has 2 saturated carbocycles. The fourth-order valence-electron chi connectivity index (χ4n) is 7.30. The third-order valence-corrected chi connectivity index (χ3v) is 9.62. The van der Waals surface area contributed by atoms with Crippen molar-refractivity contribution in [3.05, 3.63) is 59.6 Å². The van der Waals surface area contributed by atoms with Gasteiger partial charge in [0.2, 0.25) is 10.9 Å². The van der Waals surface area contributed by atoms with Crippen LogP contribution in [-0.4, -0.2) is 34.6 Å². The highest BCUT2D eigenvalue weighted by Crippen LogP contribution is 2.68. The van der Waals surface area contributed by atoms with Crippen molar-refractivity contribution in [2.75, 3.05) is 6.01 Å². The van der Waals surface area contributed by atoms with Crippen LogP contribution in [0.5, 0.6) is 0 Å². The molecule has 0 N–H and O–H groups in total. The minimum atomic E-state index is -1.60. The summed E-state index contributed by atoms with van der Waals surface area (Å²) in [6.45, 7) is 5.68. The first-order chi connectivity index (χ1) is 16.6. The Kier molecular flexibility index (Phi) is 5.74. The monoisotopic (exact) mass is 502 g/mol. The average Bonchev–Trinajstić information content (AvgIpc) is 3.42. The Hall–Kier alpha value is -2.48. The molecule has 4 aliphatic carbocycles. The average molecular weight is 503 g/mol. The van der Waals surface area contributed by atoms with Crippen molar-refractivity contribution >= 4 is 28.6 Å². The van der Waals surface area contributed by atoms with Gasteiger partial charge in [-0.3, -0.25) is 9.59 Å². The van der Waals surface area contributed by atoms with Crippen LogP contribution in [0.15, 0.2) is 58.3 Å². The Morgan fingerprint density at radius 1 is 1.26 bits per heavy atom. The third-order valence-electron chi connectivity index (χ3n) is 8.94. The first-order valence-electron chi connectivity index (χ1n) is 11.9. The fraction of sp³-hybridized carbons (Fsp3) is 0.519. The van der Waals surface area contributed by atoms with E-state index in [1.54, 1.807) is 12.1 Å². The van der Waals surface area contributed by atoms with Gasteiger partial charge >= 0.3 is 5.97 Å². The Bertz CT molecular complexity index is 1170. The van der Waals surface area contributed by atoms with Crippen molar-refractivity contribution in [1.29, 1.82) is 0 Å². The molecule has 0 bridgehead atoms. The second-order valence-corrected chi connectivity index (χ2v) is 11.4. The van der Waals surface area contributed by atoms with Crippen LogP contribution in [0.2, 0.25) is 0 Å². The molecule has 0 saturated heterocycles. The van der Waals surface area contributed by atoms with Crippen LogP contribution in [0.3, 0.4) is 0 Å². The molecule has 0 aromatic carbocycles. The molecule has 186 valence electrons. The number of furan rings is 1. The van der Waals surface area contributed by atoms with E-state index < -0.39 is 45.6 Å². The maximum atomic E-state index is 15.6. The van der Waals surface area contributed by atoms with Gasteiger partial charge in [-0.25, -0.2) is 13.6 Å². The summed E-state index contributed by atoms with van der Waals surface area (Å²) in [5.74, 6) is -1.82. The molecule has 0 aliphatic heterocycles. The molecule has 8 heteroatoms. The van der Waals surface area contributed by atoms with E-state index in [-0.39, 0.29) is 29.8 Å². The highest BCUT2D eigenvalue weighted by Gasteiger charge is 2.71. The number of allylic oxidation sites excluding steroid dienone is 6. The number of carbonyl (C=O) groups excluding carboxylic acids is 3. The van der Waals surface area contributed by atoms with Crippen LogP contribution in [0.1, 0.15) is 50.6 Å². The molecule has 1 aromatic rings. The lowest BCUT2D eigenvalue weighted by Gasteiger charge is -2.54. The number of thioether (sulfide) groups is 1. The summed E-state index contributed by atoms with van der Waals surface area (Å²) in [4.78, 5) is 38.6. The van der Waals surface area contributed by atoms with Crippen molar-refractivity contribution < 1.29 is 32.3 Å². The smallest absolute Gasteiger partial charge is 0.375 e. The number of rotatable bonds is 4. The second kappa shape index (κ2) is 8.29. The van der Waals surface area contributed by atoms with Crippen molar-refractivity contribution in [3.63, 3.8) is 0 Å². The molecular formula is C27H28F2O5S. The Balaban J connectivity index is 1.61. The van der Waals surface area contributed by atoms with E-state index in [2.05, 4.69) is 0 Å². The van der Waals surface area contributed by atoms with E-state index in [9.17, 15) is 18.8 Å². The van der Waals surface area contributed by atoms with E-state index in [0.29, 0.717) is 30.2 Å². The van der Waals surface area contributed by atoms with Gasteiger partial charge in [0.25, 0.3) is 0 Å². The van der Waals surface area contributed by atoms with Gasteiger partial charge in [-0.15, -0.1) is 0 Å². The predicted molar refractivity (Wildman–Crippen MR) is 127 cm³/mol. The van der Waals surface area contributed by atoms with Gasteiger partial charge in [0.1, 0.15) is 12.2 Å². The van der Waals surface area contributed by atoms with Gasteiger partial charge < -0.3 is 9.15 Å². The van der Waals surface area contributed by atoms with E-state index in [0.717, 1.165) is 5.57 Å². The summed E-state index contributed by atoms with van der Waals surface area (Å²) in [5.41, 5.74) is -1.67. The van der Waals surface area contributed by atoms with Crippen molar-refractivity contribution in [3.8, 4) is 0 Å². The highest BCUT2D eigenvalue weighted by molar-refractivity contribution is 8.13. The summed E-state index contributed by atoms with van der Waals surface area (Å²) in [6, 6.07) is 2.08. The van der Waals surface area contributed by atoms with Gasteiger partial charge in [-0.1, -0.05) is 31.6 Å². The molecule has 0 amide bonds. The molecule has 0 spiro atoms. The minimum absolute atomic E-state index is 0.0329. The van der Waals surface area contributed by atoms with Crippen LogP contribution in [-0.2, 0) is 14.3 Å². The van der Waals surface area contributed by atoms with Crippen LogP contribution in [0.4, 0.5) is 8.78 Å². The molecule has 0 radical (unpaired) electrons. The van der Waals surface area contributed by atoms with E-state index in [4.69, 9.17) is 9.15 Å². The van der Waals surface area contributed by atoms with Crippen LogP contribution >= 0.6 is 11.8 Å². The molecule has 4 aliphatic rings. The number of ether oxygens (including phenoxy) is 1. The van der Waals surface area contributed by atoms with Gasteiger partial charge in [-0.05, 0) is 79.6 Å². The van der Waals surface area contributed by atoms with Gasteiger partial charge in [0.15, 0.2) is 11.4 Å². The standard InChI is InChI=1S/C27H28F2O5S/c1-15-11-19-17-13-21(29)20-12-16(30)6-8-25(20,2)18(17)7-9-26(19,3)27(15,24(32)35-14-28)34-23(31)22-5-4-10-33-22/h4-8,10,12,15,17,19,21H,9,11,13-14H2,1-3H3/t15-,17?,19?,21+,25-,26+,27+/m1/s1. The van der Waals surface area contributed by atoms with Crippen LogP contribution in [0.25, 0.3) is 0 Å². The number of ketones is 1. The number of carbonyl (C=O) groups is 3. The zero-order chi connectivity index (χ0) is 25.2. The lowest BCUT2D eigenvalue weighted by Crippen LogP contribution is -2.58. The predicted octanol–water partition coefficient (Wildman–Crippen LogP) is 5.78. The molecular weight excluding hydrogens is 474 g/mol. The molecule has 2 fully saturated rings. The Morgan fingerprint density at radius 3 is 2.71 bits per heavy atom. The van der Waals surface area contributed by atoms with E-state index in [1.165, 1.54) is 24.5 Å². The molecule has 7 atom stereocenters. The van der Waals surface area contributed by atoms with Crippen LogP contribution in [0, 0.1) is 28.6 Å². The minimum Gasteiger partial charge on any atom is -0.457 e. The van der Waals surface area contributed by atoms with Gasteiger partial charge in [0.05, 0.1) is 6.26 Å². The van der Waals surface area contributed by atoms with E-state index >= 15 is 4.39 Å². The SMILES string of the molecule is C[C@@H]1CC2C3C[C@H](F)C4=CC(=O)C=C[C@]4(C)C3=CC[C@]2(C)[C@@]1(OC(=O)c1ccco1)C(=O)SCF.